The third-order valence-corrected chi connectivity index (χ3v) is 5.57. The molecule has 0 bridgehead atoms. The van der Waals surface area contributed by atoms with Gasteiger partial charge in [0.2, 0.25) is 0 Å². The highest BCUT2D eigenvalue weighted by atomic mass is 19.4. The molecule has 0 saturated carbocycles. The number of benzene rings is 4. The Hall–Kier alpha value is -3.84. The van der Waals surface area contributed by atoms with Crippen LogP contribution in [0.1, 0.15) is 21.5 Å². The number of hydrogen-bond donors (Lipinski definition) is 1. The second-order valence-corrected chi connectivity index (χ2v) is 7.99. The van der Waals surface area contributed by atoms with Gasteiger partial charge in [-0.25, -0.2) is 0 Å². The third kappa shape index (κ3) is 6.00. The summed E-state index contributed by atoms with van der Waals surface area (Å²) in [6.45, 7) is 1.27. The number of methoxy groups -OCH3 is 1. The summed E-state index contributed by atoms with van der Waals surface area (Å²) in [6, 6.07) is 23.4. The molecule has 0 heterocycles. The first-order valence-electron chi connectivity index (χ1n) is 11.0. The average Bonchev–Trinajstić information content (AvgIpc) is 2.86. The number of fused-ring (bicyclic) bond motifs is 1. The fraction of sp³-hybridized carbons (Fsp3) is 0.179. The number of ether oxygens (including phenoxy) is 2. The molecule has 0 unspecified atom stereocenters. The van der Waals surface area contributed by atoms with Crippen molar-refractivity contribution < 1.29 is 27.4 Å². The molecule has 0 aliphatic carbocycles. The van der Waals surface area contributed by atoms with E-state index in [0.29, 0.717) is 36.6 Å². The number of carbonyl (C=O) groups is 1. The maximum Gasteiger partial charge on any atom is 0.416 e. The molecule has 7 heteroatoms. The summed E-state index contributed by atoms with van der Waals surface area (Å²) in [6.07, 6.45) is -4.38. The second-order valence-electron chi connectivity index (χ2n) is 7.99. The molecule has 0 radical (unpaired) electrons. The lowest BCUT2D eigenvalue weighted by molar-refractivity contribution is -0.137. The molecule has 180 valence electrons. The van der Waals surface area contributed by atoms with Gasteiger partial charge in [-0.2, -0.15) is 13.2 Å². The van der Waals surface area contributed by atoms with Crippen molar-refractivity contribution in [3.05, 3.63) is 102 Å². The Morgan fingerprint density at radius 2 is 1.66 bits per heavy atom. The van der Waals surface area contributed by atoms with E-state index in [-0.39, 0.29) is 5.91 Å². The summed E-state index contributed by atoms with van der Waals surface area (Å²) >= 11 is 0. The van der Waals surface area contributed by atoms with Crippen LogP contribution in [0.3, 0.4) is 0 Å². The average molecular weight is 479 g/mol. The normalized spacial score (nSPS) is 11.4. The van der Waals surface area contributed by atoms with Gasteiger partial charge in [0, 0.05) is 19.2 Å². The fourth-order valence-corrected chi connectivity index (χ4v) is 3.79. The van der Waals surface area contributed by atoms with E-state index in [4.69, 9.17) is 9.47 Å². The maximum absolute atomic E-state index is 12.9. The van der Waals surface area contributed by atoms with E-state index in [2.05, 4.69) is 5.32 Å². The predicted molar refractivity (Wildman–Crippen MR) is 129 cm³/mol. The number of rotatable bonds is 8. The van der Waals surface area contributed by atoms with E-state index >= 15 is 0 Å². The molecule has 0 spiro atoms. The number of nitrogens with one attached hydrogen (secondary N) is 1. The van der Waals surface area contributed by atoms with Gasteiger partial charge >= 0.3 is 6.18 Å². The van der Waals surface area contributed by atoms with Crippen molar-refractivity contribution in [1.29, 1.82) is 0 Å². The Balaban J connectivity index is 1.48. The first-order valence-corrected chi connectivity index (χ1v) is 11.0. The summed E-state index contributed by atoms with van der Waals surface area (Å²) in [5.74, 6) is 0.479. The maximum atomic E-state index is 12.9. The lowest BCUT2D eigenvalue weighted by atomic mass is 9.96. The highest BCUT2D eigenvalue weighted by molar-refractivity contribution is 6.02. The predicted octanol–water partition coefficient (Wildman–Crippen LogP) is 6.48. The van der Waals surface area contributed by atoms with Crippen LogP contribution in [0.5, 0.6) is 5.75 Å². The van der Waals surface area contributed by atoms with Crippen molar-refractivity contribution in [2.45, 2.75) is 12.7 Å². The highest BCUT2D eigenvalue weighted by Crippen LogP contribution is 2.33. The van der Waals surface area contributed by atoms with Gasteiger partial charge in [0.1, 0.15) is 12.4 Å². The van der Waals surface area contributed by atoms with E-state index in [9.17, 15) is 18.0 Å². The Kier molecular flexibility index (Phi) is 7.36. The molecule has 4 aromatic rings. The van der Waals surface area contributed by atoms with Crippen molar-refractivity contribution in [2.24, 2.45) is 0 Å². The van der Waals surface area contributed by atoms with Gasteiger partial charge in [0.15, 0.2) is 0 Å². The minimum Gasteiger partial charge on any atom is -0.491 e. The standard InChI is InChI=1S/C28H24F3NO3/c1-34-14-15-35-24-6-2-4-19(16-24)18-32-27(33)22-10-13-26-21(17-22)5-3-7-25(26)20-8-11-23(12-9-20)28(29,30)31/h2-13,16-17H,14-15,18H2,1H3,(H,32,33). The molecule has 0 atom stereocenters. The van der Waals surface area contributed by atoms with Crippen LogP contribution >= 0.6 is 0 Å². The van der Waals surface area contributed by atoms with E-state index in [0.717, 1.165) is 34.0 Å². The van der Waals surface area contributed by atoms with Crippen molar-refractivity contribution in [1.82, 2.24) is 5.32 Å². The van der Waals surface area contributed by atoms with Gasteiger partial charge in [0.25, 0.3) is 5.91 Å². The lowest BCUT2D eigenvalue weighted by Gasteiger charge is -2.11. The highest BCUT2D eigenvalue weighted by Gasteiger charge is 2.30. The minimum atomic E-state index is -4.38. The molecule has 0 aliphatic heterocycles. The number of hydrogen-bond acceptors (Lipinski definition) is 3. The van der Waals surface area contributed by atoms with Crippen LogP contribution in [0, 0.1) is 0 Å². The van der Waals surface area contributed by atoms with Crippen molar-refractivity contribution >= 4 is 16.7 Å². The fourth-order valence-electron chi connectivity index (χ4n) is 3.79. The van der Waals surface area contributed by atoms with Crippen LogP contribution in [-0.4, -0.2) is 26.2 Å². The smallest absolute Gasteiger partial charge is 0.416 e. The zero-order valence-corrected chi connectivity index (χ0v) is 19.1. The topological polar surface area (TPSA) is 47.6 Å². The number of alkyl halides is 3. The van der Waals surface area contributed by atoms with Crippen LogP contribution in [0.4, 0.5) is 13.2 Å². The van der Waals surface area contributed by atoms with Crippen LogP contribution in [0.2, 0.25) is 0 Å². The molecule has 4 rings (SSSR count). The molecule has 4 nitrogen and oxygen atoms in total. The van der Waals surface area contributed by atoms with E-state index in [1.54, 1.807) is 19.2 Å². The largest absolute Gasteiger partial charge is 0.491 e. The van der Waals surface area contributed by atoms with Crippen LogP contribution in [-0.2, 0) is 17.5 Å². The van der Waals surface area contributed by atoms with Gasteiger partial charge < -0.3 is 14.8 Å². The Labute approximate surface area is 201 Å². The quantitative estimate of drug-likeness (QED) is 0.294. The van der Waals surface area contributed by atoms with E-state index < -0.39 is 11.7 Å². The molecule has 0 aromatic heterocycles. The summed E-state index contributed by atoms with van der Waals surface area (Å²) < 4.78 is 49.3. The number of halogens is 3. The summed E-state index contributed by atoms with van der Waals surface area (Å²) in [5, 5.41) is 4.59. The minimum absolute atomic E-state index is 0.225. The van der Waals surface area contributed by atoms with Gasteiger partial charge in [-0.1, -0.05) is 48.5 Å². The molecule has 35 heavy (non-hydrogen) atoms. The molecule has 1 amide bonds. The summed E-state index contributed by atoms with van der Waals surface area (Å²) in [4.78, 5) is 12.8. The zero-order chi connectivity index (χ0) is 24.8. The van der Waals surface area contributed by atoms with Gasteiger partial charge in [0.05, 0.1) is 12.2 Å². The number of amides is 1. The van der Waals surface area contributed by atoms with Gasteiger partial charge in [-0.05, 0) is 63.9 Å². The first-order chi connectivity index (χ1) is 16.8. The monoisotopic (exact) mass is 479 g/mol. The molecule has 0 aliphatic rings. The Bertz CT molecular complexity index is 1320. The van der Waals surface area contributed by atoms with Gasteiger partial charge in [-0.15, -0.1) is 0 Å². The first kappa shape index (κ1) is 24.3. The van der Waals surface area contributed by atoms with Crippen LogP contribution in [0.15, 0.2) is 84.9 Å². The lowest BCUT2D eigenvalue weighted by Crippen LogP contribution is -2.22. The summed E-state index contributed by atoms with van der Waals surface area (Å²) in [7, 11) is 1.61. The summed E-state index contributed by atoms with van der Waals surface area (Å²) in [5.41, 5.74) is 2.18. The molecular weight excluding hydrogens is 455 g/mol. The van der Waals surface area contributed by atoms with Crippen molar-refractivity contribution in [3.8, 4) is 16.9 Å². The molecule has 4 aromatic carbocycles. The molecule has 0 saturated heterocycles. The number of carbonyl (C=O) groups excluding carboxylic acids is 1. The zero-order valence-electron chi connectivity index (χ0n) is 19.1. The van der Waals surface area contributed by atoms with E-state index in [1.807, 2.05) is 48.5 Å². The van der Waals surface area contributed by atoms with Crippen LogP contribution in [0.25, 0.3) is 21.9 Å². The molecular formula is C28H24F3NO3. The van der Waals surface area contributed by atoms with Gasteiger partial charge in [-0.3, -0.25) is 4.79 Å². The molecule has 1 N–H and O–H groups in total. The van der Waals surface area contributed by atoms with Crippen molar-refractivity contribution in [2.75, 3.05) is 20.3 Å². The molecule has 0 fully saturated rings. The SMILES string of the molecule is COCCOc1cccc(CNC(=O)c2ccc3c(-c4ccc(C(F)(F)F)cc4)cccc3c2)c1. The van der Waals surface area contributed by atoms with Crippen molar-refractivity contribution in [3.63, 3.8) is 0 Å². The second kappa shape index (κ2) is 10.6. The Morgan fingerprint density at radius 3 is 2.40 bits per heavy atom. The Morgan fingerprint density at radius 1 is 0.886 bits per heavy atom. The van der Waals surface area contributed by atoms with E-state index in [1.165, 1.54) is 12.1 Å². The van der Waals surface area contributed by atoms with Crippen LogP contribution < -0.4 is 10.1 Å². The third-order valence-electron chi connectivity index (χ3n) is 5.57.